The lowest BCUT2D eigenvalue weighted by atomic mass is 9.92. The van der Waals surface area contributed by atoms with Crippen molar-refractivity contribution in [1.29, 1.82) is 0 Å². The molecule has 1 aromatic heterocycles. The summed E-state index contributed by atoms with van der Waals surface area (Å²) < 4.78 is 2.27. The molecule has 1 aliphatic rings. The third kappa shape index (κ3) is 2.78. The normalized spacial score (nSPS) is 12.4. The van der Waals surface area contributed by atoms with Crippen molar-refractivity contribution < 1.29 is 4.57 Å². The van der Waals surface area contributed by atoms with E-state index in [4.69, 9.17) is 0 Å². The third-order valence-corrected chi connectivity index (χ3v) is 5.31. The first-order valence-electron chi connectivity index (χ1n) is 9.24. The van der Waals surface area contributed by atoms with Crippen LogP contribution in [-0.4, -0.2) is 0 Å². The molecule has 1 heteroatoms. The van der Waals surface area contributed by atoms with E-state index < -0.39 is 0 Å². The standard InChI is InChI=1S/C24H26N/c1-16(2)13-18-11-12-25(4)23(14-18)24-17(3)9-10-21-20-8-6-5-7-19(20)15-22(21)24/h5-12,14,16H,13,15H2,1-4H3/q+1. The molecule has 126 valence electrons. The van der Waals surface area contributed by atoms with E-state index in [2.05, 4.69) is 87.1 Å². The van der Waals surface area contributed by atoms with Gasteiger partial charge in [-0.2, -0.15) is 0 Å². The average Bonchev–Trinajstić information content (AvgIpc) is 2.95. The maximum atomic E-state index is 2.39. The van der Waals surface area contributed by atoms with E-state index in [9.17, 15) is 0 Å². The minimum absolute atomic E-state index is 0.674. The number of fused-ring (bicyclic) bond motifs is 3. The number of nitrogens with zero attached hydrogens (tertiary/aromatic N) is 1. The van der Waals surface area contributed by atoms with Crippen LogP contribution in [0.2, 0.25) is 0 Å². The largest absolute Gasteiger partial charge is 0.213 e. The Balaban J connectivity index is 1.91. The van der Waals surface area contributed by atoms with E-state index in [1.54, 1.807) is 0 Å². The molecule has 0 radical (unpaired) electrons. The van der Waals surface area contributed by atoms with Crippen LogP contribution in [0.1, 0.15) is 36.1 Å². The number of rotatable bonds is 3. The number of hydrogen-bond donors (Lipinski definition) is 0. The number of benzene rings is 2. The van der Waals surface area contributed by atoms with Crippen molar-refractivity contribution in [3.05, 3.63) is 77.0 Å². The summed E-state index contributed by atoms with van der Waals surface area (Å²) >= 11 is 0. The lowest BCUT2D eigenvalue weighted by Crippen LogP contribution is -2.31. The highest BCUT2D eigenvalue weighted by molar-refractivity contribution is 5.84. The Labute approximate surface area is 151 Å². The molecular weight excluding hydrogens is 302 g/mol. The fraction of sp³-hybridized carbons (Fsp3) is 0.292. The van der Waals surface area contributed by atoms with E-state index in [1.807, 2.05) is 0 Å². The molecule has 0 fully saturated rings. The van der Waals surface area contributed by atoms with E-state index in [0.717, 1.165) is 12.8 Å². The lowest BCUT2D eigenvalue weighted by molar-refractivity contribution is -0.660. The number of aryl methyl sites for hydroxylation is 2. The minimum Gasteiger partial charge on any atom is -0.201 e. The van der Waals surface area contributed by atoms with Crippen molar-refractivity contribution in [2.45, 2.75) is 33.6 Å². The van der Waals surface area contributed by atoms with Crippen LogP contribution in [-0.2, 0) is 19.9 Å². The van der Waals surface area contributed by atoms with Gasteiger partial charge in [-0.3, -0.25) is 0 Å². The summed E-state index contributed by atoms with van der Waals surface area (Å²) in [5, 5.41) is 0. The Morgan fingerprint density at radius 2 is 1.80 bits per heavy atom. The Morgan fingerprint density at radius 3 is 2.60 bits per heavy atom. The Kier molecular flexibility index (Phi) is 3.95. The highest BCUT2D eigenvalue weighted by Gasteiger charge is 2.26. The maximum absolute atomic E-state index is 2.39. The zero-order valence-electron chi connectivity index (χ0n) is 15.6. The first kappa shape index (κ1) is 16.1. The van der Waals surface area contributed by atoms with Crippen molar-refractivity contribution in [1.82, 2.24) is 0 Å². The highest BCUT2D eigenvalue weighted by Crippen LogP contribution is 2.42. The summed E-state index contributed by atoms with van der Waals surface area (Å²) in [6.07, 6.45) is 4.38. The molecule has 0 unspecified atom stereocenters. The van der Waals surface area contributed by atoms with Crippen LogP contribution in [0.5, 0.6) is 0 Å². The summed E-state index contributed by atoms with van der Waals surface area (Å²) in [4.78, 5) is 0. The van der Waals surface area contributed by atoms with Crippen molar-refractivity contribution in [3.8, 4) is 22.4 Å². The highest BCUT2D eigenvalue weighted by atomic mass is 14.9. The van der Waals surface area contributed by atoms with E-state index in [1.165, 1.54) is 44.6 Å². The minimum atomic E-state index is 0.674. The number of aromatic nitrogens is 1. The molecule has 0 saturated heterocycles. The van der Waals surface area contributed by atoms with Gasteiger partial charge in [-0.1, -0.05) is 50.2 Å². The quantitative estimate of drug-likeness (QED) is 0.452. The van der Waals surface area contributed by atoms with Crippen molar-refractivity contribution in [2.75, 3.05) is 0 Å². The predicted molar refractivity (Wildman–Crippen MR) is 105 cm³/mol. The average molecular weight is 328 g/mol. The second-order valence-electron chi connectivity index (χ2n) is 7.75. The van der Waals surface area contributed by atoms with Crippen LogP contribution >= 0.6 is 0 Å². The molecule has 1 nitrogen and oxygen atoms in total. The summed E-state index contributed by atoms with van der Waals surface area (Å²) in [6, 6.07) is 18.1. The summed E-state index contributed by atoms with van der Waals surface area (Å²) in [5.74, 6) is 0.674. The van der Waals surface area contributed by atoms with Crippen LogP contribution < -0.4 is 4.57 Å². The van der Waals surface area contributed by atoms with Gasteiger partial charge >= 0.3 is 0 Å². The molecule has 0 bridgehead atoms. The van der Waals surface area contributed by atoms with Gasteiger partial charge in [-0.25, -0.2) is 4.57 Å². The topological polar surface area (TPSA) is 3.88 Å². The molecule has 4 rings (SSSR count). The van der Waals surface area contributed by atoms with Crippen molar-refractivity contribution in [2.24, 2.45) is 13.0 Å². The zero-order chi connectivity index (χ0) is 17.6. The molecule has 0 N–H and O–H groups in total. The van der Waals surface area contributed by atoms with E-state index in [-0.39, 0.29) is 0 Å². The molecule has 25 heavy (non-hydrogen) atoms. The second-order valence-corrected chi connectivity index (χ2v) is 7.75. The Morgan fingerprint density at radius 1 is 1.00 bits per heavy atom. The molecule has 0 saturated carbocycles. The van der Waals surface area contributed by atoms with Crippen molar-refractivity contribution in [3.63, 3.8) is 0 Å². The first-order valence-corrected chi connectivity index (χ1v) is 9.24. The van der Waals surface area contributed by atoms with Gasteiger partial charge in [0.1, 0.15) is 7.05 Å². The maximum Gasteiger partial charge on any atom is 0.213 e. The molecule has 0 amide bonds. The van der Waals surface area contributed by atoms with Crippen LogP contribution in [0, 0.1) is 12.8 Å². The monoisotopic (exact) mass is 328 g/mol. The molecule has 0 spiro atoms. The van der Waals surface area contributed by atoms with Crippen LogP contribution in [0.15, 0.2) is 54.7 Å². The van der Waals surface area contributed by atoms with Gasteiger partial charge in [0.15, 0.2) is 6.20 Å². The fourth-order valence-corrected chi connectivity index (χ4v) is 4.15. The zero-order valence-corrected chi connectivity index (χ0v) is 15.6. The van der Waals surface area contributed by atoms with Gasteiger partial charge in [0.2, 0.25) is 5.69 Å². The molecular formula is C24H26N+. The first-order chi connectivity index (χ1) is 12.0. The van der Waals surface area contributed by atoms with Gasteiger partial charge < -0.3 is 0 Å². The van der Waals surface area contributed by atoms with Gasteiger partial charge in [0.05, 0.1) is 5.56 Å². The third-order valence-electron chi connectivity index (χ3n) is 5.31. The van der Waals surface area contributed by atoms with Crippen LogP contribution in [0.25, 0.3) is 22.4 Å². The molecule has 0 aliphatic heterocycles. The van der Waals surface area contributed by atoms with E-state index >= 15 is 0 Å². The van der Waals surface area contributed by atoms with Gasteiger partial charge in [-0.15, -0.1) is 0 Å². The van der Waals surface area contributed by atoms with Crippen molar-refractivity contribution >= 4 is 0 Å². The molecule has 1 heterocycles. The lowest BCUT2D eigenvalue weighted by Gasteiger charge is -2.12. The second kappa shape index (κ2) is 6.15. The smallest absolute Gasteiger partial charge is 0.201 e. The van der Waals surface area contributed by atoms with Gasteiger partial charge in [-0.05, 0) is 59.1 Å². The molecule has 2 aromatic carbocycles. The summed E-state index contributed by atoms with van der Waals surface area (Å²) in [5.41, 5.74) is 11.3. The molecule has 1 aliphatic carbocycles. The number of pyridine rings is 1. The number of hydrogen-bond acceptors (Lipinski definition) is 0. The van der Waals surface area contributed by atoms with E-state index in [0.29, 0.717) is 5.92 Å². The van der Waals surface area contributed by atoms with Crippen LogP contribution in [0.3, 0.4) is 0 Å². The molecule has 0 atom stereocenters. The van der Waals surface area contributed by atoms with Gasteiger partial charge in [0.25, 0.3) is 0 Å². The summed E-state index contributed by atoms with van der Waals surface area (Å²) in [7, 11) is 2.16. The Hall–Kier alpha value is -2.41. The Bertz CT molecular complexity index is 950. The SMILES string of the molecule is Cc1ccc2c(c1-c1cc(CC(C)C)cc[n+]1C)Cc1ccccc1-2. The van der Waals surface area contributed by atoms with Gasteiger partial charge in [0, 0.05) is 12.1 Å². The van der Waals surface area contributed by atoms with Crippen LogP contribution in [0.4, 0.5) is 0 Å². The molecule has 3 aromatic rings. The summed E-state index contributed by atoms with van der Waals surface area (Å²) in [6.45, 7) is 6.82. The predicted octanol–water partition coefficient (Wildman–Crippen LogP) is 5.26. The fourth-order valence-electron chi connectivity index (χ4n) is 4.15.